The summed E-state index contributed by atoms with van der Waals surface area (Å²) < 4.78 is 59.4. The van der Waals surface area contributed by atoms with Gasteiger partial charge < -0.3 is 9.64 Å². The van der Waals surface area contributed by atoms with Crippen LogP contribution in [0.5, 0.6) is 0 Å². The largest absolute Gasteiger partial charge is 0.448 e. The second-order valence-electron chi connectivity index (χ2n) is 7.04. The van der Waals surface area contributed by atoms with E-state index in [1.54, 1.807) is 24.3 Å². The zero-order valence-corrected chi connectivity index (χ0v) is 16.6. The molecule has 0 saturated carbocycles. The molecule has 1 amide bonds. The number of amides is 1. The average Bonchev–Trinajstić information content (AvgIpc) is 2.73. The van der Waals surface area contributed by atoms with Crippen molar-refractivity contribution in [3.63, 3.8) is 0 Å². The number of benzene rings is 2. The van der Waals surface area contributed by atoms with E-state index >= 15 is 0 Å². The second kappa shape index (κ2) is 7.77. The Morgan fingerprint density at radius 2 is 1.60 bits per heavy atom. The number of esters is 1. The summed E-state index contributed by atoms with van der Waals surface area (Å²) in [6.45, 7) is -0.216. The Morgan fingerprint density at radius 1 is 0.967 bits per heavy atom. The van der Waals surface area contributed by atoms with Crippen LogP contribution in [0.2, 0.25) is 0 Å². The van der Waals surface area contributed by atoms with Crippen molar-refractivity contribution in [1.82, 2.24) is 9.21 Å². The standard InChI is InChI=1S/C20H18F2N2O5S/c21-15-6-3-7-16(22)18(15)30(27,28)24-10-8-23(9-11-24)19(25)17-12-13-4-1-2-5-14(13)20(26)29-17/h1-7,17H,8-12H2/t17-/m1/s1. The topological polar surface area (TPSA) is 84.0 Å². The third kappa shape index (κ3) is 3.56. The van der Waals surface area contributed by atoms with Crippen LogP contribution in [0.25, 0.3) is 0 Å². The number of halogens is 2. The van der Waals surface area contributed by atoms with E-state index in [2.05, 4.69) is 0 Å². The Balaban J connectivity index is 1.45. The van der Waals surface area contributed by atoms with Gasteiger partial charge in [-0.1, -0.05) is 24.3 Å². The smallest absolute Gasteiger partial charge is 0.339 e. The number of carbonyl (C=O) groups is 2. The molecule has 0 bridgehead atoms. The van der Waals surface area contributed by atoms with Gasteiger partial charge in [0.1, 0.15) is 11.6 Å². The van der Waals surface area contributed by atoms with Crippen LogP contribution in [-0.2, 0) is 26.0 Å². The predicted octanol–water partition coefficient (Wildman–Crippen LogP) is 1.58. The van der Waals surface area contributed by atoms with E-state index in [1.165, 1.54) is 4.90 Å². The minimum absolute atomic E-state index is 0.0177. The van der Waals surface area contributed by atoms with Gasteiger partial charge in [0.15, 0.2) is 11.0 Å². The highest BCUT2D eigenvalue weighted by molar-refractivity contribution is 7.89. The Morgan fingerprint density at radius 3 is 2.27 bits per heavy atom. The molecule has 2 heterocycles. The summed E-state index contributed by atoms with van der Waals surface area (Å²) in [5.41, 5.74) is 1.13. The third-order valence-corrected chi connectivity index (χ3v) is 7.19. The number of hydrogen-bond acceptors (Lipinski definition) is 5. The lowest BCUT2D eigenvalue weighted by Gasteiger charge is -2.36. The van der Waals surface area contributed by atoms with Crippen molar-refractivity contribution in [2.45, 2.75) is 17.4 Å². The van der Waals surface area contributed by atoms with Crippen LogP contribution in [0.1, 0.15) is 15.9 Å². The molecular weight excluding hydrogens is 418 g/mol. The Labute approximate surface area is 171 Å². The van der Waals surface area contributed by atoms with Crippen molar-refractivity contribution in [1.29, 1.82) is 0 Å². The fourth-order valence-corrected chi connectivity index (χ4v) is 5.21. The van der Waals surface area contributed by atoms with Gasteiger partial charge >= 0.3 is 5.97 Å². The van der Waals surface area contributed by atoms with Crippen LogP contribution in [0.3, 0.4) is 0 Å². The maximum atomic E-state index is 13.9. The minimum atomic E-state index is -4.39. The lowest BCUT2D eigenvalue weighted by molar-refractivity contribution is -0.142. The van der Waals surface area contributed by atoms with E-state index in [1.807, 2.05) is 0 Å². The first-order chi connectivity index (χ1) is 14.3. The van der Waals surface area contributed by atoms with Crippen LogP contribution >= 0.6 is 0 Å². The molecule has 0 radical (unpaired) electrons. The van der Waals surface area contributed by atoms with Crippen molar-refractivity contribution >= 4 is 21.9 Å². The summed E-state index contributed by atoms with van der Waals surface area (Å²) in [7, 11) is -4.39. The van der Waals surface area contributed by atoms with Gasteiger partial charge in [-0.2, -0.15) is 4.31 Å². The molecule has 1 atom stereocenters. The van der Waals surface area contributed by atoms with Gasteiger partial charge in [-0.15, -0.1) is 0 Å². The van der Waals surface area contributed by atoms with Crippen LogP contribution < -0.4 is 0 Å². The molecule has 4 rings (SSSR count). The summed E-state index contributed by atoms with van der Waals surface area (Å²) in [4.78, 5) is 25.3. The van der Waals surface area contributed by atoms with Crippen molar-refractivity contribution < 1.29 is 31.5 Å². The minimum Gasteiger partial charge on any atom is -0.448 e. The molecule has 0 spiro atoms. The number of sulfonamides is 1. The zero-order valence-electron chi connectivity index (χ0n) is 15.8. The molecule has 0 N–H and O–H groups in total. The molecule has 1 saturated heterocycles. The normalized spacial score (nSPS) is 19.9. The maximum absolute atomic E-state index is 13.9. The van der Waals surface area contributed by atoms with E-state index in [4.69, 9.17) is 4.74 Å². The number of nitrogens with zero attached hydrogens (tertiary/aromatic N) is 2. The van der Waals surface area contributed by atoms with E-state index in [9.17, 15) is 26.8 Å². The summed E-state index contributed by atoms with van der Waals surface area (Å²) in [5.74, 6) is -3.33. The number of ether oxygens (including phenoxy) is 1. The zero-order chi connectivity index (χ0) is 21.5. The van der Waals surface area contributed by atoms with Crippen molar-refractivity contribution in [3.8, 4) is 0 Å². The molecule has 0 unspecified atom stereocenters. The number of hydrogen-bond donors (Lipinski definition) is 0. The molecule has 158 valence electrons. The average molecular weight is 436 g/mol. The SMILES string of the molecule is O=C1O[C@@H](C(=O)N2CCN(S(=O)(=O)c3c(F)cccc3F)CC2)Cc2ccccc21. The Kier molecular flexibility index (Phi) is 5.29. The summed E-state index contributed by atoms with van der Waals surface area (Å²) >= 11 is 0. The van der Waals surface area contributed by atoms with Crippen LogP contribution in [0.15, 0.2) is 47.4 Å². The molecule has 1 fully saturated rings. The molecule has 7 nitrogen and oxygen atoms in total. The molecule has 10 heteroatoms. The predicted molar refractivity (Wildman–Crippen MR) is 101 cm³/mol. The van der Waals surface area contributed by atoms with Gasteiger partial charge in [-0.05, 0) is 23.8 Å². The van der Waals surface area contributed by atoms with E-state index < -0.39 is 44.5 Å². The third-order valence-electron chi connectivity index (χ3n) is 5.23. The number of fused-ring (bicyclic) bond motifs is 1. The molecule has 30 heavy (non-hydrogen) atoms. The van der Waals surface area contributed by atoms with Gasteiger partial charge in [-0.25, -0.2) is 22.0 Å². The van der Waals surface area contributed by atoms with Gasteiger partial charge in [0.2, 0.25) is 10.0 Å². The molecule has 2 aromatic carbocycles. The Bertz CT molecular complexity index is 1090. The summed E-state index contributed by atoms with van der Waals surface area (Å²) in [6.07, 6.45) is -0.751. The van der Waals surface area contributed by atoms with Gasteiger partial charge in [0.05, 0.1) is 5.56 Å². The number of rotatable bonds is 3. The van der Waals surface area contributed by atoms with Crippen molar-refractivity contribution in [2.75, 3.05) is 26.2 Å². The monoisotopic (exact) mass is 436 g/mol. The highest BCUT2D eigenvalue weighted by Gasteiger charge is 2.38. The summed E-state index contributed by atoms with van der Waals surface area (Å²) in [5, 5.41) is 0. The fourth-order valence-electron chi connectivity index (χ4n) is 3.68. The fraction of sp³-hybridized carbons (Fsp3) is 0.300. The van der Waals surface area contributed by atoms with Gasteiger partial charge in [0, 0.05) is 32.6 Å². The molecular formula is C20H18F2N2O5S. The number of piperazine rings is 1. The lowest BCUT2D eigenvalue weighted by Crippen LogP contribution is -2.54. The summed E-state index contributed by atoms with van der Waals surface area (Å²) in [6, 6.07) is 9.71. The van der Waals surface area contributed by atoms with E-state index in [0.717, 1.165) is 22.5 Å². The molecule has 0 aliphatic carbocycles. The number of carbonyl (C=O) groups excluding carboxylic acids is 2. The van der Waals surface area contributed by atoms with E-state index in [-0.39, 0.29) is 32.6 Å². The highest BCUT2D eigenvalue weighted by atomic mass is 32.2. The lowest BCUT2D eigenvalue weighted by atomic mass is 9.98. The highest BCUT2D eigenvalue weighted by Crippen LogP contribution is 2.25. The first-order valence-electron chi connectivity index (χ1n) is 9.31. The molecule has 2 aliphatic heterocycles. The first kappa shape index (κ1) is 20.4. The van der Waals surface area contributed by atoms with Gasteiger partial charge in [0.25, 0.3) is 5.91 Å². The van der Waals surface area contributed by atoms with Crippen molar-refractivity contribution in [3.05, 3.63) is 65.2 Å². The van der Waals surface area contributed by atoms with Crippen molar-refractivity contribution in [2.24, 2.45) is 0 Å². The molecule has 0 aromatic heterocycles. The number of cyclic esters (lactones) is 1. The van der Waals surface area contributed by atoms with Crippen LogP contribution in [-0.4, -0.2) is 61.8 Å². The first-order valence-corrected chi connectivity index (χ1v) is 10.7. The van der Waals surface area contributed by atoms with Crippen LogP contribution in [0.4, 0.5) is 8.78 Å². The van der Waals surface area contributed by atoms with Gasteiger partial charge in [-0.3, -0.25) is 4.79 Å². The maximum Gasteiger partial charge on any atom is 0.339 e. The van der Waals surface area contributed by atoms with Crippen LogP contribution in [0, 0.1) is 11.6 Å². The molecule has 2 aromatic rings. The molecule has 2 aliphatic rings. The van der Waals surface area contributed by atoms with E-state index in [0.29, 0.717) is 11.1 Å². The second-order valence-corrected chi connectivity index (χ2v) is 8.91. The quantitative estimate of drug-likeness (QED) is 0.683. The Hall–Kier alpha value is -2.85.